The van der Waals surface area contributed by atoms with Crippen LogP contribution in [0.1, 0.15) is 5.56 Å². The number of hydrogen-bond donors (Lipinski definition) is 0. The molecule has 0 radical (unpaired) electrons. The number of hydrogen-bond acceptors (Lipinski definition) is 2. The molecule has 0 aliphatic rings. The first kappa shape index (κ1) is 11.4. The van der Waals surface area contributed by atoms with Crippen LogP contribution in [0.5, 0.6) is 0 Å². The van der Waals surface area contributed by atoms with Gasteiger partial charge in [0.15, 0.2) is 0 Å². The Hall–Kier alpha value is -1.72. The highest BCUT2D eigenvalue weighted by molar-refractivity contribution is 9.10. The van der Waals surface area contributed by atoms with Gasteiger partial charge in [-0.25, -0.2) is 8.78 Å². The molecule has 1 aromatic carbocycles. The van der Waals surface area contributed by atoms with E-state index in [0.29, 0.717) is 6.07 Å². The van der Waals surface area contributed by atoms with Crippen molar-refractivity contribution in [3.63, 3.8) is 0 Å². The lowest BCUT2D eigenvalue weighted by molar-refractivity contribution is 0.580. The minimum atomic E-state index is -0.829. The second kappa shape index (κ2) is 4.68. The third-order valence-corrected chi connectivity index (χ3v) is 2.23. The highest BCUT2D eigenvalue weighted by Gasteiger charge is 2.08. The van der Waals surface area contributed by atoms with E-state index in [2.05, 4.69) is 15.9 Å². The molecule has 0 aliphatic carbocycles. The lowest BCUT2D eigenvalue weighted by atomic mass is 10.1. The molecule has 2 nitrogen and oxygen atoms in total. The third kappa shape index (κ3) is 2.61. The Bertz CT molecular complexity index is 470. The second-order valence-electron chi connectivity index (χ2n) is 2.56. The summed E-state index contributed by atoms with van der Waals surface area (Å²) in [4.78, 5) is 0. The first-order chi connectivity index (χ1) is 7.08. The molecule has 0 heterocycles. The molecule has 5 heteroatoms. The quantitative estimate of drug-likeness (QED) is 0.735. The van der Waals surface area contributed by atoms with Crippen LogP contribution in [0.3, 0.4) is 0 Å². The molecule has 0 aromatic heterocycles. The molecule has 0 aliphatic heterocycles. The van der Waals surface area contributed by atoms with Crippen molar-refractivity contribution in [2.75, 3.05) is 0 Å². The van der Waals surface area contributed by atoms with Crippen molar-refractivity contribution in [3.05, 3.63) is 39.4 Å². The van der Waals surface area contributed by atoms with Crippen LogP contribution in [-0.2, 0) is 0 Å². The van der Waals surface area contributed by atoms with Gasteiger partial charge in [-0.1, -0.05) is 0 Å². The Morgan fingerprint density at radius 3 is 2.33 bits per heavy atom. The van der Waals surface area contributed by atoms with Crippen LogP contribution < -0.4 is 0 Å². The van der Waals surface area contributed by atoms with Crippen LogP contribution in [0.2, 0.25) is 0 Å². The third-order valence-electron chi connectivity index (χ3n) is 1.57. The van der Waals surface area contributed by atoms with Gasteiger partial charge in [0.05, 0.1) is 0 Å². The normalized spacial score (nSPS) is 8.87. The predicted octanol–water partition coefficient (Wildman–Crippen LogP) is 3.16. The van der Waals surface area contributed by atoms with Crippen LogP contribution in [0.25, 0.3) is 6.08 Å². The summed E-state index contributed by atoms with van der Waals surface area (Å²) in [7, 11) is 0. The highest BCUT2D eigenvalue weighted by Crippen LogP contribution is 2.23. The largest absolute Gasteiger partial charge is 0.207 e. The average molecular weight is 269 g/mol. The Morgan fingerprint density at radius 2 is 1.87 bits per heavy atom. The molecule has 0 spiro atoms. The number of benzene rings is 1. The van der Waals surface area contributed by atoms with Gasteiger partial charge in [0.25, 0.3) is 0 Å². The van der Waals surface area contributed by atoms with E-state index in [1.54, 1.807) is 12.1 Å². The Balaban J connectivity index is 3.36. The Morgan fingerprint density at radius 1 is 1.27 bits per heavy atom. The molecule has 0 saturated heterocycles. The fraction of sp³-hybridized carbons (Fsp3) is 0. The zero-order chi connectivity index (χ0) is 11.4. The zero-order valence-electron chi connectivity index (χ0n) is 7.26. The van der Waals surface area contributed by atoms with Gasteiger partial charge in [0, 0.05) is 16.1 Å². The Labute approximate surface area is 93.2 Å². The molecule has 0 atom stereocenters. The van der Waals surface area contributed by atoms with E-state index in [1.807, 2.05) is 0 Å². The van der Waals surface area contributed by atoms with Gasteiger partial charge in [-0.15, -0.1) is 0 Å². The van der Waals surface area contributed by atoms with Crippen LogP contribution in [0.15, 0.2) is 22.2 Å². The number of rotatable bonds is 1. The summed E-state index contributed by atoms with van der Waals surface area (Å²) in [6.07, 6.45) is 1.05. The van der Waals surface area contributed by atoms with Gasteiger partial charge >= 0.3 is 0 Å². The van der Waals surface area contributed by atoms with Crippen molar-refractivity contribution in [1.82, 2.24) is 0 Å². The van der Waals surface area contributed by atoms with E-state index in [1.165, 1.54) is 0 Å². The summed E-state index contributed by atoms with van der Waals surface area (Å²) < 4.78 is 26.1. The second-order valence-corrected chi connectivity index (χ2v) is 3.42. The number of nitriles is 2. The summed E-state index contributed by atoms with van der Waals surface area (Å²) in [5.41, 5.74) is -0.268. The smallest absolute Gasteiger partial charge is 0.134 e. The minimum Gasteiger partial charge on any atom is -0.207 e. The SMILES string of the molecule is N#CC(C#N)=Cc1c(F)cc(F)cc1Br. The van der Waals surface area contributed by atoms with Gasteiger partial charge in [0.2, 0.25) is 0 Å². The van der Waals surface area contributed by atoms with Crippen LogP contribution in [0, 0.1) is 34.3 Å². The molecule has 0 fully saturated rings. The van der Waals surface area contributed by atoms with E-state index in [0.717, 1.165) is 12.1 Å². The molecule has 74 valence electrons. The van der Waals surface area contributed by atoms with Crippen molar-refractivity contribution >= 4 is 22.0 Å². The van der Waals surface area contributed by atoms with Crippen molar-refractivity contribution in [2.45, 2.75) is 0 Å². The molecule has 0 saturated carbocycles. The van der Waals surface area contributed by atoms with Gasteiger partial charge in [-0.3, -0.25) is 0 Å². The van der Waals surface area contributed by atoms with Crippen molar-refractivity contribution in [1.29, 1.82) is 10.5 Å². The van der Waals surface area contributed by atoms with E-state index in [-0.39, 0.29) is 15.6 Å². The van der Waals surface area contributed by atoms with E-state index >= 15 is 0 Å². The summed E-state index contributed by atoms with van der Waals surface area (Å²) in [6.45, 7) is 0. The van der Waals surface area contributed by atoms with Gasteiger partial charge in [-0.05, 0) is 28.1 Å². The number of halogens is 3. The Kier molecular flexibility index (Phi) is 3.54. The average Bonchev–Trinajstić information content (AvgIpc) is 2.17. The lowest BCUT2D eigenvalue weighted by Gasteiger charge is -2.00. The van der Waals surface area contributed by atoms with E-state index in [4.69, 9.17) is 10.5 Å². The first-order valence-electron chi connectivity index (χ1n) is 3.75. The summed E-state index contributed by atoms with van der Waals surface area (Å²) in [5, 5.41) is 16.9. The van der Waals surface area contributed by atoms with Crippen molar-refractivity contribution in [3.8, 4) is 12.1 Å². The molecule has 0 bridgehead atoms. The fourth-order valence-corrected chi connectivity index (χ4v) is 1.45. The molecule has 1 rings (SSSR count). The first-order valence-corrected chi connectivity index (χ1v) is 4.54. The van der Waals surface area contributed by atoms with Crippen LogP contribution in [0.4, 0.5) is 8.78 Å². The summed E-state index contributed by atoms with van der Waals surface area (Å²) in [5.74, 6) is -1.56. The monoisotopic (exact) mass is 268 g/mol. The molecular weight excluding hydrogens is 266 g/mol. The molecule has 1 aromatic rings. The molecule has 0 N–H and O–H groups in total. The van der Waals surface area contributed by atoms with E-state index < -0.39 is 11.6 Å². The molecule has 15 heavy (non-hydrogen) atoms. The van der Waals surface area contributed by atoms with E-state index in [9.17, 15) is 8.78 Å². The topological polar surface area (TPSA) is 47.6 Å². The maximum Gasteiger partial charge on any atom is 0.134 e. The molecule has 0 unspecified atom stereocenters. The van der Waals surface area contributed by atoms with Gasteiger partial charge in [0.1, 0.15) is 29.3 Å². The van der Waals surface area contributed by atoms with Crippen LogP contribution in [-0.4, -0.2) is 0 Å². The lowest BCUT2D eigenvalue weighted by Crippen LogP contribution is -1.88. The van der Waals surface area contributed by atoms with Gasteiger partial charge < -0.3 is 0 Å². The van der Waals surface area contributed by atoms with Crippen molar-refractivity contribution < 1.29 is 8.78 Å². The fourth-order valence-electron chi connectivity index (χ4n) is 0.925. The molecular formula is C10H3BrF2N2. The standard InChI is InChI=1S/C10H3BrF2N2/c11-9-2-7(12)3-10(13)8(9)1-6(4-14)5-15/h1-3H. The number of nitrogens with zero attached hydrogens (tertiary/aromatic N) is 2. The van der Waals surface area contributed by atoms with Crippen molar-refractivity contribution in [2.24, 2.45) is 0 Å². The summed E-state index contributed by atoms with van der Waals surface area (Å²) >= 11 is 2.94. The maximum atomic E-state index is 13.2. The summed E-state index contributed by atoms with van der Waals surface area (Å²) in [6, 6.07) is 4.92. The number of allylic oxidation sites excluding steroid dienone is 1. The van der Waals surface area contributed by atoms with Gasteiger partial charge in [-0.2, -0.15) is 10.5 Å². The van der Waals surface area contributed by atoms with Crippen LogP contribution >= 0.6 is 15.9 Å². The predicted molar refractivity (Wildman–Crippen MR) is 53.3 cm³/mol. The molecule has 0 amide bonds. The highest BCUT2D eigenvalue weighted by atomic mass is 79.9. The zero-order valence-corrected chi connectivity index (χ0v) is 8.85. The minimum absolute atomic E-state index is 0.0190. The maximum absolute atomic E-state index is 13.2.